The summed E-state index contributed by atoms with van der Waals surface area (Å²) in [5, 5.41) is 2.95. The number of hydrogen-bond donors (Lipinski definition) is 1. The van der Waals surface area contributed by atoms with Crippen LogP contribution in [0.3, 0.4) is 0 Å². The maximum absolute atomic E-state index is 12.2. The van der Waals surface area contributed by atoms with Crippen molar-refractivity contribution in [2.24, 2.45) is 0 Å². The van der Waals surface area contributed by atoms with Gasteiger partial charge in [0, 0.05) is 5.70 Å². The molecular weight excluding hydrogens is 246 g/mol. The van der Waals surface area contributed by atoms with Crippen LogP contribution in [0.2, 0.25) is 0 Å². The minimum Gasteiger partial charge on any atom is -0.322 e. The third-order valence-electron chi connectivity index (χ3n) is 3.43. The fourth-order valence-corrected chi connectivity index (χ4v) is 2.40. The van der Waals surface area contributed by atoms with Gasteiger partial charge in [0.25, 0.3) is 5.91 Å². The Morgan fingerprint density at radius 2 is 1.50 bits per heavy atom. The number of benzene rings is 2. The van der Waals surface area contributed by atoms with Crippen LogP contribution in [-0.4, -0.2) is 5.91 Å². The van der Waals surface area contributed by atoms with Crippen molar-refractivity contribution < 1.29 is 4.79 Å². The third-order valence-corrected chi connectivity index (χ3v) is 3.43. The number of hydrogen-bond acceptors (Lipinski definition) is 1. The molecule has 0 aromatic heterocycles. The van der Waals surface area contributed by atoms with E-state index >= 15 is 0 Å². The normalized spacial score (nSPS) is 16.6. The van der Waals surface area contributed by atoms with E-state index in [-0.39, 0.29) is 5.91 Å². The van der Waals surface area contributed by atoms with E-state index in [0.717, 1.165) is 28.0 Å². The second kappa shape index (κ2) is 5.17. The minimum absolute atomic E-state index is 0.0316. The zero-order valence-corrected chi connectivity index (χ0v) is 11.3. The zero-order chi connectivity index (χ0) is 13.9. The Labute approximate surface area is 118 Å². The Balaban J connectivity index is 2.03. The lowest BCUT2D eigenvalue weighted by Gasteiger charge is -2.01. The Kier molecular flexibility index (Phi) is 3.21. The van der Waals surface area contributed by atoms with Crippen LogP contribution in [0.4, 0.5) is 0 Å². The van der Waals surface area contributed by atoms with Gasteiger partial charge in [-0.25, -0.2) is 0 Å². The largest absolute Gasteiger partial charge is 0.322 e. The topological polar surface area (TPSA) is 29.1 Å². The summed E-state index contributed by atoms with van der Waals surface area (Å²) >= 11 is 0. The maximum Gasteiger partial charge on any atom is 0.256 e. The number of carbonyl (C=O) groups is 1. The molecule has 0 aliphatic carbocycles. The van der Waals surface area contributed by atoms with Gasteiger partial charge in [-0.15, -0.1) is 0 Å². The summed E-state index contributed by atoms with van der Waals surface area (Å²) in [6, 6.07) is 19.8. The highest BCUT2D eigenvalue weighted by Gasteiger charge is 2.24. The minimum atomic E-state index is -0.0316. The first-order chi connectivity index (χ1) is 9.75. The number of rotatable bonds is 2. The molecule has 0 unspecified atom stereocenters. The molecule has 98 valence electrons. The Bertz CT molecular complexity index is 697. The molecule has 0 spiro atoms. The van der Waals surface area contributed by atoms with Crippen LogP contribution in [0.15, 0.2) is 71.9 Å². The smallest absolute Gasteiger partial charge is 0.256 e. The first-order valence-electron chi connectivity index (χ1n) is 6.60. The third kappa shape index (κ3) is 2.28. The lowest BCUT2D eigenvalue weighted by Crippen LogP contribution is -2.15. The first kappa shape index (κ1) is 12.4. The van der Waals surface area contributed by atoms with Gasteiger partial charge in [0.1, 0.15) is 0 Å². The fraction of sp³-hybridized carbons (Fsp3) is 0.0556. The zero-order valence-electron chi connectivity index (χ0n) is 11.3. The van der Waals surface area contributed by atoms with Crippen LogP contribution in [-0.2, 0) is 4.79 Å². The summed E-state index contributed by atoms with van der Waals surface area (Å²) in [4.78, 5) is 12.2. The Morgan fingerprint density at radius 3 is 2.15 bits per heavy atom. The average Bonchev–Trinajstić information content (AvgIpc) is 2.75. The number of nitrogens with one attached hydrogen (secondary N) is 1. The molecule has 1 aliphatic heterocycles. The molecule has 0 saturated carbocycles. The van der Waals surface area contributed by atoms with Crippen molar-refractivity contribution in [3.63, 3.8) is 0 Å². The summed E-state index contributed by atoms with van der Waals surface area (Å²) in [6.45, 7) is 1.98. The van der Waals surface area contributed by atoms with Crippen molar-refractivity contribution in [1.82, 2.24) is 5.32 Å². The van der Waals surface area contributed by atoms with Gasteiger partial charge in [-0.2, -0.15) is 0 Å². The standard InChI is InChI=1S/C18H15NO/c1-13-16(12-14-8-4-2-5-9-14)19-18(20)17(13)15-10-6-3-7-11-15/h2-12H,1H3,(H,19,20)/b16-12-. The molecule has 2 heteroatoms. The number of allylic oxidation sites excluding steroid dienone is 1. The highest BCUT2D eigenvalue weighted by Crippen LogP contribution is 2.29. The predicted octanol–water partition coefficient (Wildman–Crippen LogP) is 3.63. The lowest BCUT2D eigenvalue weighted by atomic mass is 10.0. The van der Waals surface area contributed by atoms with E-state index in [1.54, 1.807) is 0 Å². The molecule has 0 fully saturated rings. The van der Waals surface area contributed by atoms with Gasteiger partial charge >= 0.3 is 0 Å². The van der Waals surface area contributed by atoms with Gasteiger partial charge in [-0.05, 0) is 29.7 Å². The average molecular weight is 261 g/mol. The highest BCUT2D eigenvalue weighted by molar-refractivity contribution is 6.25. The fourth-order valence-electron chi connectivity index (χ4n) is 2.40. The summed E-state index contributed by atoms with van der Waals surface area (Å²) in [5.74, 6) is -0.0316. The molecule has 0 atom stereocenters. The molecule has 0 bridgehead atoms. The molecule has 2 aromatic carbocycles. The Hall–Kier alpha value is -2.61. The SMILES string of the molecule is CC1=C(c2ccccc2)C(=O)N/C1=C\c1ccccc1. The van der Waals surface area contributed by atoms with E-state index in [1.165, 1.54) is 0 Å². The highest BCUT2D eigenvalue weighted by atomic mass is 16.2. The lowest BCUT2D eigenvalue weighted by molar-refractivity contribution is -0.114. The van der Waals surface area contributed by atoms with Gasteiger partial charge in [0.2, 0.25) is 0 Å². The van der Waals surface area contributed by atoms with Crippen molar-refractivity contribution in [2.75, 3.05) is 0 Å². The van der Waals surface area contributed by atoms with E-state index in [2.05, 4.69) is 5.32 Å². The molecule has 1 amide bonds. The van der Waals surface area contributed by atoms with Crippen LogP contribution in [0, 0.1) is 0 Å². The van der Waals surface area contributed by atoms with Crippen LogP contribution >= 0.6 is 0 Å². The van der Waals surface area contributed by atoms with Crippen molar-refractivity contribution in [3.05, 3.63) is 83.1 Å². The molecule has 0 radical (unpaired) electrons. The van der Waals surface area contributed by atoms with Crippen molar-refractivity contribution >= 4 is 17.6 Å². The van der Waals surface area contributed by atoms with Crippen LogP contribution < -0.4 is 5.32 Å². The molecule has 2 aromatic rings. The predicted molar refractivity (Wildman–Crippen MR) is 81.6 cm³/mol. The van der Waals surface area contributed by atoms with E-state index in [4.69, 9.17) is 0 Å². The molecule has 1 heterocycles. The van der Waals surface area contributed by atoms with Gasteiger partial charge < -0.3 is 5.32 Å². The molecule has 1 N–H and O–H groups in total. The molecular formula is C18H15NO. The second-order valence-electron chi connectivity index (χ2n) is 4.79. The monoisotopic (exact) mass is 261 g/mol. The summed E-state index contributed by atoms with van der Waals surface area (Å²) in [6.07, 6.45) is 2.00. The van der Waals surface area contributed by atoms with Crippen LogP contribution in [0.1, 0.15) is 18.1 Å². The molecule has 20 heavy (non-hydrogen) atoms. The van der Waals surface area contributed by atoms with Crippen molar-refractivity contribution in [3.8, 4) is 0 Å². The van der Waals surface area contributed by atoms with Crippen LogP contribution in [0.5, 0.6) is 0 Å². The van der Waals surface area contributed by atoms with Gasteiger partial charge in [0.05, 0.1) is 5.57 Å². The molecule has 3 rings (SSSR count). The van der Waals surface area contributed by atoms with Crippen LogP contribution in [0.25, 0.3) is 11.6 Å². The summed E-state index contributed by atoms with van der Waals surface area (Å²) in [7, 11) is 0. The van der Waals surface area contributed by atoms with Crippen molar-refractivity contribution in [2.45, 2.75) is 6.92 Å². The van der Waals surface area contributed by atoms with Crippen molar-refractivity contribution in [1.29, 1.82) is 0 Å². The van der Waals surface area contributed by atoms with E-state index in [1.807, 2.05) is 73.7 Å². The number of amides is 1. The van der Waals surface area contributed by atoms with Gasteiger partial charge in [-0.3, -0.25) is 4.79 Å². The molecule has 0 saturated heterocycles. The van der Waals surface area contributed by atoms with E-state index in [9.17, 15) is 4.79 Å². The van der Waals surface area contributed by atoms with E-state index < -0.39 is 0 Å². The summed E-state index contributed by atoms with van der Waals surface area (Å²) in [5.41, 5.74) is 4.66. The Morgan fingerprint density at radius 1 is 0.900 bits per heavy atom. The second-order valence-corrected chi connectivity index (χ2v) is 4.79. The molecule has 1 aliphatic rings. The quantitative estimate of drug-likeness (QED) is 0.878. The summed E-state index contributed by atoms with van der Waals surface area (Å²) < 4.78 is 0. The first-order valence-corrected chi connectivity index (χ1v) is 6.60. The number of carbonyl (C=O) groups excluding carboxylic acids is 1. The van der Waals surface area contributed by atoms with Gasteiger partial charge in [-0.1, -0.05) is 60.7 Å². The maximum atomic E-state index is 12.2. The molecule has 2 nitrogen and oxygen atoms in total. The van der Waals surface area contributed by atoms with Gasteiger partial charge in [0.15, 0.2) is 0 Å². The van der Waals surface area contributed by atoms with E-state index in [0.29, 0.717) is 0 Å².